The first-order valence-corrected chi connectivity index (χ1v) is 5.77. The Balaban J connectivity index is 1.97. The molecule has 0 bridgehead atoms. The zero-order valence-electron chi connectivity index (χ0n) is 10.1. The molecule has 0 saturated heterocycles. The molecule has 2 N–H and O–H groups in total. The predicted molar refractivity (Wildman–Crippen MR) is 67.6 cm³/mol. The summed E-state index contributed by atoms with van der Waals surface area (Å²) < 4.78 is 13.1. The van der Waals surface area contributed by atoms with Crippen LogP contribution in [0.2, 0.25) is 0 Å². The zero-order chi connectivity index (χ0) is 13.0. The van der Waals surface area contributed by atoms with Gasteiger partial charge in [-0.3, -0.25) is 4.98 Å². The first-order chi connectivity index (χ1) is 8.66. The van der Waals surface area contributed by atoms with Crippen LogP contribution in [0.4, 0.5) is 4.39 Å². The average molecular weight is 246 g/mol. The van der Waals surface area contributed by atoms with E-state index in [1.807, 2.05) is 19.1 Å². The third kappa shape index (κ3) is 3.05. The number of hydrogen-bond donors (Lipinski definition) is 2. The number of phenols is 1. The van der Waals surface area contributed by atoms with E-state index < -0.39 is 5.82 Å². The largest absolute Gasteiger partial charge is 0.505 e. The molecule has 1 unspecified atom stereocenters. The number of aromatic hydroxyl groups is 1. The normalized spacial score (nSPS) is 12.3. The van der Waals surface area contributed by atoms with E-state index in [-0.39, 0.29) is 11.8 Å². The fourth-order valence-corrected chi connectivity index (χ4v) is 1.68. The van der Waals surface area contributed by atoms with Crippen molar-refractivity contribution in [2.75, 3.05) is 0 Å². The van der Waals surface area contributed by atoms with Crippen molar-refractivity contribution in [2.45, 2.75) is 19.5 Å². The first kappa shape index (κ1) is 12.5. The summed E-state index contributed by atoms with van der Waals surface area (Å²) in [6.45, 7) is 2.56. The highest BCUT2D eigenvalue weighted by Gasteiger charge is 2.06. The molecule has 1 aromatic heterocycles. The number of pyridine rings is 1. The van der Waals surface area contributed by atoms with Crippen LogP contribution in [0.3, 0.4) is 0 Å². The van der Waals surface area contributed by atoms with Gasteiger partial charge < -0.3 is 10.4 Å². The summed E-state index contributed by atoms with van der Waals surface area (Å²) in [5, 5.41) is 12.4. The van der Waals surface area contributed by atoms with E-state index in [0.29, 0.717) is 6.54 Å². The lowest BCUT2D eigenvalue weighted by Gasteiger charge is -2.13. The predicted octanol–water partition coefficient (Wildman–Crippen LogP) is 2.78. The number of nitrogens with zero attached hydrogens (tertiary/aromatic N) is 1. The summed E-state index contributed by atoms with van der Waals surface area (Å²) in [6, 6.07) is 8.40. The molecule has 1 heterocycles. The fraction of sp³-hybridized carbons (Fsp3) is 0.214. The Labute approximate surface area is 105 Å². The van der Waals surface area contributed by atoms with Crippen molar-refractivity contribution >= 4 is 0 Å². The molecule has 94 valence electrons. The van der Waals surface area contributed by atoms with E-state index in [2.05, 4.69) is 10.3 Å². The number of aromatic nitrogens is 1. The van der Waals surface area contributed by atoms with Crippen LogP contribution in [0.1, 0.15) is 24.1 Å². The van der Waals surface area contributed by atoms with E-state index in [1.165, 1.54) is 12.1 Å². The molecular weight excluding hydrogens is 231 g/mol. The highest BCUT2D eigenvalue weighted by atomic mass is 19.1. The van der Waals surface area contributed by atoms with Gasteiger partial charge in [0.15, 0.2) is 11.6 Å². The van der Waals surface area contributed by atoms with Crippen LogP contribution >= 0.6 is 0 Å². The Kier molecular flexibility index (Phi) is 3.89. The van der Waals surface area contributed by atoms with Gasteiger partial charge in [0.1, 0.15) is 0 Å². The summed E-state index contributed by atoms with van der Waals surface area (Å²) >= 11 is 0. The Hall–Kier alpha value is -1.94. The maximum atomic E-state index is 13.1. The van der Waals surface area contributed by atoms with Gasteiger partial charge in [-0.1, -0.05) is 12.1 Å². The molecule has 3 nitrogen and oxygen atoms in total. The van der Waals surface area contributed by atoms with Gasteiger partial charge in [-0.25, -0.2) is 4.39 Å². The molecule has 0 amide bonds. The third-order valence-corrected chi connectivity index (χ3v) is 2.81. The van der Waals surface area contributed by atoms with Gasteiger partial charge in [0.25, 0.3) is 0 Å². The molecule has 0 aliphatic heterocycles. The van der Waals surface area contributed by atoms with Crippen LogP contribution in [-0.4, -0.2) is 10.1 Å². The van der Waals surface area contributed by atoms with E-state index in [1.54, 1.807) is 18.5 Å². The molecule has 1 atom stereocenters. The number of phenolic OH excluding ortho intramolecular Hbond substituents is 1. The zero-order valence-corrected chi connectivity index (χ0v) is 10.1. The molecule has 0 fully saturated rings. The minimum Gasteiger partial charge on any atom is -0.505 e. The summed E-state index contributed by atoms with van der Waals surface area (Å²) in [5.74, 6) is -0.914. The van der Waals surface area contributed by atoms with E-state index in [4.69, 9.17) is 5.11 Å². The smallest absolute Gasteiger partial charge is 0.165 e. The molecule has 0 aliphatic carbocycles. The summed E-state index contributed by atoms with van der Waals surface area (Å²) in [4.78, 5) is 4.05. The lowest BCUT2D eigenvalue weighted by molar-refractivity contribution is 0.431. The van der Waals surface area contributed by atoms with Crippen molar-refractivity contribution in [3.8, 4) is 5.75 Å². The lowest BCUT2D eigenvalue weighted by Crippen LogP contribution is -2.18. The molecule has 0 saturated carbocycles. The van der Waals surface area contributed by atoms with Crippen LogP contribution in [0.25, 0.3) is 0 Å². The minimum atomic E-state index is -0.594. The molecule has 0 aliphatic rings. The van der Waals surface area contributed by atoms with Crippen molar-refractivity contribution in [3.05, 3.63) is 59.7 Å². The van der Waals surface area contributed by atoms with Crippen molar-refractivity contribution in [1.29, 1.82) is 0 Å². The minimum absolute atomic E-state index is 0.135. The van der Waals surface area contributed by atoms with Crippen molar-refractivity contribution in [1.82, 2.24) is 10.3 Å². The van der Waals surface area contributed by atoms with Crippen LogP contribution in [0, 0.1) is 5.82 Å². The van der Waals surface area contributed by atoms with Crippen LogP contribution in [0.5, 0.6) is 5.75 Å². The Morgan fingerprint density at radius 3 is 2.89 bits per heavy atom. The molecule has 1 aromatic carbocycles. The summed E-state index contributed by atoms with van der Waals surface area (Å²) in [7, 11) is 0. The van der Waals surface area contributed by atoms with Crippen molar-refractivity contribution in [3.63, 3.8) is 0 Å². The average Bonchev–Trinajstić information content (AvgIpc) is 2.41. The van der Waals surface area contributed by atoms with Crippen LogP contribution in [-0.2, 0) is 6.54 Å². The number of benzene rings is 1. The standard InChI is InChI=1S/C14H15FN2O/c1-10(12-3-2-6-16-9-12)17-8-11-4-5-14(18)13(15)7-11/h2-7,9-10,17-18H,8H2,1H3. The number of hydrogen-bond acceptors (Lipinski definition) is 3. The SMILES string of the molecule is CC(NCc1ccc(O)c(F)c1)c1cccnc1. The van der Waals surface area contributed by atoms with E-state index in [9.17, 15) is 4.39 Å². The van der Waals surface area contributed by atoms with Gasteiger partial charge >= 0.3 is 0 Å². The molecule has 18 heavy (non-hydrogen) atoms. The topological polar surface area (TPSA) is 45.1 Å². The first-order valence-electron chi connectivity index (χ1n) is 5.77. The van der Waals surface area contributed by atoms with Gasteiger partial charge in [0, 0.05) is 25.0 Å². The van der Waals surface area contributed by atoms with Crippen molar-refractivity contribution < 1.29 is 9.50 Å². The van der Waals surface area contributed by atoms with Gasteiger partial charge in [-0.05, 0) is 36.2 Å². The monoisotopic (exact) mass is 246 g/mol. The second-order valence-electron chi connectivity index (χ2n) is 4.17. The summed E-state index contributed by atoms with van der Waals surface area (Å²) in [6.07, 6.45) is 3.53. The van der Waals surface area contributed by atoms with Crippen molar-refractivity contribution in [2.24, 2.45) is 0 Å². The van der Waals surface area contributed by atoms with Gasteiger partial charge in [-0.2, -0.15) is 0 Å². The molecular formula is C14H15FN2O. The maximum absolute atomic E-state index is 13.1. The van der Waals surface area contributed by atoms with Crippen LogP contribution in [0.15, 0.2) is 42.7 Å². The number of rotatable bonds is 4. The van der Waals surface area contributed by atoms with Gasteiger partial charge in [-0.15, -0.1) is 0 Å². The second-order valence-corrected chi connectivity index (χ2v) is 4.17. The highest BCUT2D eigenvalue weighted by Crippen LogP contribution is 2.17. The second kappa shape index (κ2) is 5.60. The molecule has 2 aromatic rings. The third-order valence-electron chi connectivity index (χ3n) is 2.81. The molecule has 0 spiro atoms. The molecule has 0 radical (unpaired) electrons. The molecule has 2 rings (SSSR count). The molecule has 4 heteroatoms. The maximum Gasteiger partial charge on any atom is 0.165 e. The van der Waals surface area contributed by atoms with E-state index in [0.717, 1.165) is 11.1 Å². The quantitative estimate of drug-likeness (QED) is 0.872. The number of halogens is 1. The van der Waals surface area contributed by atoms with E-state index >= 15 is 0 Å². The lowest BCUT2D eigenvalue weighted by atomic mass is 10.1. The van der Waals surface area contributed by atoms with Gasteiger partial charge in [0.2, 0.25) is 0 Å². The Morgan fingerprint density at radius 1 is 1.39 bits per heavy atom. The van der Waals surface area contributed by atoms with Crippen LogP contribution < -0.4 is 5.32 Å². The Bertz CT molecular complexity index is 516. The fourth-order valence-electron chi connectivity index (χ4n) is 1.68. The Morgan fingerprint density at radius 2 is 2.22 bits per heavy atom. The van der Waals surface area contributed by atoms with Gasteiger partial charge in [0.05, 0.1) is 0 Å². The number of nitrogens with one attached hydrogen (secondary N) is 1. The highest BCUT2D eigenvalue weighted by molar-refractivity contribution is 5.28. The summed E-state index contributed by atoms with van der Waals surface area (Å²) in [5.41, 5.74) is 1.87.